The van der Waals surface area contributed by atoms with E-state index in [-0.39, 0.29) is 5.91 Å². The van der Waals surface area contributed by atoms with Gasteiger partial charge in [0.1, 0.15) is 11.3 Å². The van der Waals surface area contributed by atoms with Crippen LogP contribution in [0.1, 0.15) is 15.9 Å². The largest absolute Gasteiger partial charge is 0.496 e. The Morgan fingerprint density at radius 3 is 2.70 bits per heavy atom. The number of amides is 1. The molecule has 0 aliphatic heterocycles. The number of nitrogens with two attached hydrogens (primary N) is 1. The number of carbonyl (C=O) groups excluding carboxylic acids is 1. The summed E-state index contributed by atoms with van der Waals surface area (Å²) >= 11 is 3.43. The van der Waals surface area contributed by atoms with Crippen molar-refractivity contribution in [2.75, 3.05) is 18.2 Å². The molecular weight excluding hydrogens is 320 g/mol. The maximum atomic E-state index is 12.4. The lowest BCUT2D eigenvalue weighted by Gasteiger charge is -2.12. The summed E-state index contributed by atoms with van der Waals surface area (Å²) in [4.78, 5) is 12.4. The zero-order chi connectivity index (χ0) is 14.7. The molecule has 104 valence electrons. The monoisotopic (exact) mass is 334 g/mol. The number of ether oxygens (including phenoxy) is 1. The van der Waals surface area contributed by atoms with Gasteiger partial charge in [0.05, 0.1) is 12.8 Å². The van der Waals surface area contributed by atoms with E-state index >= 15 is 0 Å². The maximum Gasteiger partial charge on any atom is 0.261 e. The minimum absolute atomic E-state index is 0.301. The minimum atomic E-state index is -0.301. The Hall–Kier alpha value is -2.01. The van der Waals surface area contributed by atoms with Gasteiger partial charge in [-0.1, -0.05) is 12.1 Å². The van der Waals surface area contributed by atoms with Crippen molar-refractivity contribution < 1.29 is 9.53 Å². The zero-order valence-corrected chi connectivity index (χ0v) is 12.8. The summed E-state index contributed by atoms with van der Waals surface area (Å²) in [7, 11) is 1.51. The SMILES string of the molecule is COc1cccc(N)c1C(=O)Nc1ccc(C)cc1Br. The minimum Gasteiger partial charge on any atom is -0.496 e. The first-order valence-corrected chi connectivity index (χ1v) is 6.82. The standard InChI is InChI=1S/C15H15BrN2O2/c1-9-6-7-12(10(16)8-9)18-15(19)14-11(17)4-3-5-13(14)20-2/h3-8H,17H2,1-2H3,(H,18,19). The topological polar surface area (TPSA) is 64.3 Å². The van der Waals surface area contributed by atoms with E-state index in [0.29, 0.717) is 22.7 Å². The summed E-state index contributed by atoms with van der Waals surface area (Å²) in [6, 6.07) is 10.8. The fraction of sp³-hybridized carbons (Fsp3) is 0.133. The molecule has 0 bridgehead atoms. The summed E-state index contributed by atoms with van der Waals surface area (Å²) in [5.74, 6) is 0.148. The average molecular weight is 335 g/mol. The van der Waals surface area contributed by atoms with Crippen LogP contribution in [-0.2, 0) is 0 Å². The molecule has 0 unspecified atom stereocenters. The van der Waals surface area contributed by atoms with Crippen molar-refractivity contribution in [3.8, 4) is 5.75 Å². The van der Waals surface area contributed by atoms with E-state index in [2.05, 4.69) is 21.2 Å². The molecule has 0 saturated heterocycles. The average Bonchev–Trinajstić information content (AvgIpc) is 2.41. The molecule has 20 heavy (non-hydrogen) atoms. The van der Waals surface area contributed by atoms with Gasteiger partial charge < -0.3 is 15.8 Å². The van der Waals surface area contributed by atoms with Gasteiger partial charge in [-0.25, -0.2) is 0 Å². The molecule has 0 radical (unpaired) electrons. The van der Waals surface area contributed by atoms with E-state index in [1.54, 1.807) is 18.2 Å². The number of aryl methyl sites for hydroxylation is 1. The van der Waals surface area contributed by atoms with Crippen molar-refractivity contribution in [3.05, 3.63) is 52.0 Å². The highest BCUT2D eigenvalue weighted by Crippen LogP contribution is 2.28. The molecule has 0 saturated carbocycles. The number of hydrogen-bond donors (Lipinski definition) is 2. The van der Waals surface area contributed by atoms with E-state index in [0.717, 1.165) is 10.0 Å². The second-order valence-corrected chi connectivity index (χ2v) is 5.22. The van der Waals surface area contributed by atoms with Crippen molar-refractivity contribution in [2.45, 2.75) is 6.92 Å². The summed E-state index contributed by atoms with van der Waals surface area (Å²) in [6.45, 7) is 1.98. The Labute approximate surface area is 126 Å². The van der Waals surface area contributed by atoms with Crippen LogP contribution in [0.25, 0.3) is 0 Å². The van der Waals surface area contributed by atoms with E-state index in [1.807, 2.05) is 25.1 Å². The van der Waals surface area contributed by atoms with Crippen LogP contribution in [0.2, 0.25) is 0 Å². The van der Waals surface area contributed by atoms with Crippen LogP contribution in [0.3, 0.4) is 0 Å². The summed E-state index contributed by atoms with van der Waals surface area (Å²) < 4.78 is 6.00. The number of nitrogen functional groups attached to an aromatic ring is 1. The lowest BCUT2D eigenvalue weighted by molar-refractivity contribution is 0.102. The molecule has 5 heteroatoms. The highest BCUT2D eigenvalue weighted by atomic mass is 79.9. The number of methoxy groups -OCH3 is 1. The molecule has 0 fully saturated rings. The third-order valence-corrected chi connectivity index (χ3v) is 3.53. The fourth-order valence-corrected chi connectivity index (χ4v) is 2.46. The van der Waals surface area contributed by atoms with Gasteiger partial charge in [-0.3, -0.25) is 4.79 Å². The Morgan fingerprint density at radius 1 is 1.30 bits per heavy atom. The predicted molar refractivity (Wildman–Crippen MR) is 84.2 cm³/mol. The molecule has 0 aliphatic rings. The van der Waals surface area contributed by atoms with Crippen LogP contribution in [-0.4, -0.2) is 13.0 Å². The maximum absolute atomic E-state index is 12.4. The Balaban J connectivity index is 2.33. The van der Waals surface area contributed by atoms with Crippen LogP contribution in [0.15, 0.2) is 40.9 Å². The lowest BCUT2D eigenvalue weighted by atomic mass is 10.1. The second kappa shape index (κ2) is 5.96. The molecule has 0 aromatic heterocycles. The Bertz CT molecular complexity index is 656. The van der Waals surface area contributed by atoms with Crippen LogP contribution >= 0.6 is 15.9 Å². The second-order valence-electron chi connectivity index (χ2n) is 4.36. The molecule has 0 aliphatic carbocycles. The Kier molecular flexibility index (Phi) is 4.29. The van der Waals surface area contributed by atoms with Gasteiger partial charge in [0.25, 0.3) is 5.91 Å². The number of anilines is 2. The van der Waals surface area contributed by atoms with E-state index in [9.17, 15) is 4.79 Å². The van der Waals surface area contributed by atoms with Gasteiger partial charge in [-0.2, -0.15) is 0 Å². The number of halogens is 1. The molecule has 2 rings (SSSR count). The summed E-state index contributed by atoms with van der Waals surface area (Å²) in [5, 5.41) is 2.82. The molecule has 4 nitrogen and oxygen atoms in total. The van der Waals surface area contributed by atoms with E-state index in [1.165, 1.54) is 7.11 Å². The number of hydrogen-bond acceptors (Lipinski definition) is 3. The quantitative estimate of drug-likeness (QED) is 0.843. The van der Waals surface area contributed by atoms with Crippen molar-refractivity contribution in [2.24, 2.45) is 0 Å². The molecule has 0 atom stereocenters. The molecule has 2 aromatic rings. The molecule has 3 N–H and O–H groups in total. The van der Waals surface area contributed by atoms with Crippen LogP contribution in [0.4, 0.5) is 11.4 Å². The first-order chi connectivity index (χ1) is 9.52. The molecule has 0 spiro atoms. The zero-order valence-electron chi connectivity index (χ0n) is 11.2. The summed E-state index contributed by atoms with van der Waals surface area (Å²) in [6.07, 6.45) is 0. The smallest absolute Gasteiger partial charge is 0.261 e. The Morgan fingerprint density at radius 2 is 2.05 bits per heavy atom. The normalized spacial score (nSPS) is 10.2. The van der Waals surface area contributed by atoms with Gasteiger partial charge in [0.2, 0.25) is 0 Å². The van der Waals surface area contributed by atoms with Crippen LogP contribution in [0.5, 0.6) is 5.75 Å². The first kappa shape index (κ1) is 14.4. The number of rotatable bonds is 3. The van der Waals surface area contributed by atoms with Gasteiger partial charge in [0.15, 0.2) is 0 Å². The summed E-state index contributed by atoms with van der Waals surface area (Å²) in [5.41, 5.74) is 8.37. The van der Waals surface area contributed by atoms with Crippen molar-refractivity contribution >= 4 is 33.2 Å². The van der Waals surface area contributed by atoms with Gasteiger partial charge >= 0.3 is 0 Å². The van der Waals surface area contributed by atoms with Crippen LogP contribution < -0.4 is 15.8 Å². The third kappa shape index (κ3) is 2.93. The first-order valence-electron chi connectivity index (χ1n) is 6.03. The molecular formula is C15H15BrN2O2. The molecule has 2 aromatic carbocycles. The predicted octanol–water partition coefficient (Wildman–Crippen LogP) is 3.60. The fourth-order valence-electron chi connectivity index (χ4n) is 1.87. The van der Waals surface area contributed by atoms with Crippen molar-refractivity contribution in [3.63, 3.8) is 0 Å². The molecule has 0 heterocycles. The van der Waals surface area contributed by atoms with Gasteiger partial charge in [-0.15, -0.1) is 0 Å². The number of nitrogens with one attached hydrogen (secondary N) is 1. The lowest BCUT2D eigenvalue weighted by Crippen LogP contribution is -2.15. The number of carbonyl (C=O) groups is 1. The van der Waals surface area contributed by atoms with Gasteiger partial charge in [0, 0.05) is 10.2 Å². The van der Waals surface area contributed by atoms with Crippen molar-refractivity contribution in [1.29, 1.82) is 0 Å². The highest BCUT2D eigenvalue weighted by Gasteiger charge is 2.16. The van der Waals surface area contributed by atoms with Crippen molar-refractivity contribution in [1.82, 2.24) is 0 Å². The molecule has 1 amide bonds. The van der Waals surface area contributed by atoms with Gasteiger partial charge in [-0.05, 0) is 52.7 Å². The third-order valence-electron chi connectivity index (χ3n) is 2.88. The van der Waals surface area contributed by atoms with E-state index < -0.39 is 0 Å². The number of benzene rings is 2. The van der Waals surface area contributed by atoms with Crippen LogP contribution in [0, 0.1) is 6.92 Å². The highest BCUT2D eigenvalue weighted by molar-refractivity contribution is 9.10. The van der Waals surface area contributed by atoms with E-state index in [4.69, 9.17) is 10.5 Å².